The van der Waals surface area contributed by atoms with Crippen molar-refractivity contribution in [3.63, 3.8) is 0 Å². The highest BCUT2D eigenvalue weighted by Gasteiger charge is 2.13. The number of rotatable bonds is 4. The lowest BCUT2D eigenvalue weighted by Crippen LogP contribution is -2.18. The van der Waals surface area contributed by atoms with Gasteiger partial charge in [-0.05, 0) is 48.7 Å². The molecule has 2 nitrogen and oxygen atoms in total. The molecular formula is C16H18BrNOS. The molecule has 2 aromatic rings. The first-order chi connectivity index (χ1) is 9.47. The molecule has 0 bridgehead atoms. The quantitative estimate of drug-likeness (QED) is 0.908. The average molecular weight is 352 g/mol. The molecule has 0 aliphatic heterocycles. The molecule has 2 atom stereocenters. The Morgan fingerprint density at radius 3 is 2.55 bits per heavy atom. The first kappa shape index (κ1) is 15.4. The van der Waals surface area contributed by atoms with E-state index in [1.165, 1.54) is 11.1 Å². The number of aryl methyl sites for hydroxylation is 2. The third-order valence-corrected chi connectivity index (χ3v) is 5.28. The minimum Gasteiger partial charge on any atom is -0.323 e. The summed E-state index contributed by atoms with van der Waals surface area (Å²) in [6.07, 6.45) is 0. The summed E-state index contributed by atoms with van der Waals surface area (Å²) in [6, 6.07) is 13.5. The van der Waals surface area contributed by atoms with Crippen LogP contribution in [0.5, 0.6) is 0 Å². The Kier molecular flexibility index (Phi) is 5.13. The maximum atomic E-state index is 12.3. The summed E-state index contributed by atoms with van der Waals surface area (Å²) in [7, 11) is -1.09. The summed E-state index contributed by atoms with van der Waals surface area (Å²) in [5.41, 5.74) is 9.68. The van der Waals surface area contributed by atoms with Crippen LogP contribution >= 0.6 is 15.9 Å². The summed E-state index contributed by atoms with van der Waals surface area (Å²) >= 11 is 3.39. The molecular weight excluding hydrogens is 334 g/mol. The number of halogens is 1. The predicted octanol–water partition coefficient (Wildman–Crippen LogP) is 3.87. The maximum absolute atomic E-state index is 12.3. The second-order valence-corrected chi connectivity index (χ2v) is 7.33. The highest BCUT2D eigenvalue weighted by molar-refractivity contribution is 9.10. The van der Waals surface area contributed by atoms with Gasteiger partial charge in [0.05, 0.1) is 10.8 Å². The molecule has 106 valence electrons. The van der Waals surface area contributed by atoms with Crippen LogP contribution in [0.25, 0.3) is 0 Å². The lowest BCUT2D eigenvalue weighted by atomic mass is 10.0. The van der Waals surface area contributed by atoms with Gasteiger partial charge in [0.15, 0.2) is 0 Å². The third-order valence-electron chi connectivity index (χ3n) is 3.35. The molecule has 0 saturated heterocycles. The molecule has 4 heteroatoms. The zero-order chi connectivity index (χ0) is 14.7. The summed E-state index contributed by atoms with van der Waals surface area (Å²) in [5.74, 6) is 0.430. The molecule has 0 amide bonds. The van der Waals surface area contributed by atoms with Crippen LogP contribution in [0.3, 0.4) is 0 Å². The van der Waals surface area contributed by atoms with E-state index in [0.717, 1.165) is 14.9 Å². The van der Waals surface area contributed by atoms with E-state index in [9.17, 15) is 4.21 Å². The fourth-order valence-electron chi connectivity index (χ4n) is 1.96. The molecule has 0 spiro atoms. The monoisotopic (exact) mass is 351 g/mol. The van der Waals surface area contributed by atoms with Gasteiger partial charge in [0, 0.05) is 21.2 Å². The molecule has 20 heavy (non-hydrogen) atoms. The van der Waals surface area contributed by atoms with Crippen LogP contribution in [0.4, 0.5) is 0 Å². The van der Waals surface area contributed by atoms with Gasteiger partial charge < -0.3 is 5.73 Å². The minimum absolute atomic E-state index is 0.214. The Balaban J connectivity index is 2.13. The van der Waals surface area contributed by atoms with E-state index in [0.29, 0.717) is 5.75 Å². The predicted molar refractivity (Wildman–Crippen MR) is 88.3 cm³/mol. The summed E-state index contributed by atoms with van der Waals surface area (Å²) in [4.78, 5) is 0.804. The second kappa shape index (κ2) is 6.66. The smallest absolute Gasteiger partial charge is 0.0549 e. The molecule has 2 N–H and O–H groups in total. The molecule has 2 aromatic carbocycles. The fourth-order valence-corrected chi connectivity index (χ4v) is 3.71. The van der Waals surface area contributed by atoms with Crippen LogP contribution < -0.4 is 5.73 Å². The van der Waals surface area contributed by atoms with Crippen LogP contribution in [-0.4, -0.2) is 9.96 Å². The van der Waals surface area contributed by atoms with Gasteiger partial charge in [-0.2, -0.15) is 0 Å². The van der Waals surface area contributed by atoms with Crippen LogP contribution in [0, 0.1) is 13.8 Å². The second-order valence-electron chi connectivity index (χ2n) is 4.92. The molecule has 2 rings (SSSR count). The normalized spacial score (nSPS) is 14.0. The van der Waals surface area contributed by atoms with Crippen molar-refractivity contribution in [1.29, 1.82) is 0 Å². The molecule has 0 aliphatic rings. The standard InChI is InChI=1S/C16H18BrNOS/c1-11-6-7-13(8-12(11)2)16(18)10-20(19)15-5-3-4-14(17)9-15/h3-9,16H,10,18H2,1-2H3. The van der Waals surface area contributed by atoms with E-state index in [4.69, 9.17) is 5.73 Å². The minimum atomic E-state index is -1.09. The van der Waals surface area contributed by atoms with Crippen molar-refractivity contribution in [2.24, 2.45) is 5.73 Å². The molecule has 0 saturated carbocycles. The fraction of sp³-hybridized carbons (Fsp3) is 0.250. The Morgan fingerprint density at radius 2 is 1.90 bits per heavy atom. The van der Waals surface area contributed by atoms with Gasteiger partial charge in [-0.3, -0.25) is 4.21 Å². The van der Waals surface area contributed by atoms with Crippen molar-refractivity contribution in [2.45, 2.75) is 24.8 Å². The van der Waals surface area contributed by atoms with Crippen LogP contribution in [-0.2, 0) is 10.8 Å². The van der Waals surface area contributed by atoms with Crippen LogP contribution in [0.1, 0.15) is 22.7 Å². The third kappa shape index (κ3) is 3.78. The van der Waals surface area contributed by atoms with Gasteiger partial charge in [-0.25, -0.2) is 0 Å². The number of benzene rings is 2. The Morgan fingerprint density at radius 1 is 1.15 bits per heavy atom. The maximum Gasteiger partial charge on any atom is 0.0549 e. The van der Waals surface area contributed by atoms with Gasteiger partial charge in [-0.15, -0.1) is 0 Å². The van der Waals surface area contributed by atoms with E-state index >= 15 is 0 Å². The van der Waals surface area contributed by atoms with E-state index in [1.54, 1.807) is 0 Å². The van der Waals surface area contributed by atoms with Crippen molar-refractivity contribution < 1.29 is 4.21 Å². The Bertz CT molecular complexity index is 642. The van der Waals surface area contributed by atoms with Gasteiger partial charge in [-0.1, -0.05) is 40.2 Å². The van der Waals surface area contributed by atoms with Crippen LogP contribution in [0.2, 0.25) is 0 Å². The lowest BCUT2D eigenvalue weighted by molar-refractivity contribution is 0.675. The van der Waals surface area contributed by atoms with Crippen molar-refractivity contribution in [3.05, 3.63) is 63.6 Å². The van der Waals surface area contributed by atoms with Gasteiger partial charge >= 0.3 is 0 Å². The Labute approximate surface area is 131 Å². The SMILES string of the molecule is Cc1ccc(C(N)CS(=O)c2cccc(Br)c2)cc1C. The van der Waals surface area contributed by atoms with E-state index < -0.39 is 10.8 Å². The molecule has 0 radical (unpaired) electrons. The first-order valence-electron chi connectivity index (χ1n) is 6.44. The number of nitrogens with two attached hydrogens (primary N) is 1. The summed E-state index contributed by atoms with van der Waals surface area (Å²) < 4.78 is 13.3. The largest absolute Gasteiger partial charge is 0.323 e. The van der Waals surface area contributed by atoms with E-state index in [-0.39, 0.29) is 6.04 Å². The molecule has 0 heterocycles. The van der Waals surface area contributed by atoms with Crippen LogP contribution in [0.15, 0.2) is 51.8 Å². The van der Waals surface area contributed by atoms with Crippen molar-refractivity contribution in [1.82, 2.24) is 0 Å². The first-order valence-corrected chi connectivity index (χ1v) is 8.55. The van der Waals surface area contributed by atoms with Crippen molar-refractivity contribution >= 4 is 26.7 Å². The molecule has 2 unspecified atom stereocenters. The number of hydrogen-bond donors (Lipinski definition) is 1. The lowest BCUT2D eigenvalue weighted by Gasteiger charge is -2.13. The summed E-state index contributed by atoms with van der Waals surface area (Å²) in [5, 5.41) is 0. The molecule has 0 aromatic heterocycles. The topological polar surface area (TPSA) is 43.1 Å². The molecule has 0 fully saturated rings. The zero-order valence-electron chi connectivity index (χ0n) is 11.6. The zero-order valence-corrected chi connectivity index (χ0v) is 14.0. The van der Waals surface area contributed by atoms with E-state index in [2.05, 4.69) is 41.9 Å². The summed E-state index contributed by atoms with van der Waals surface area (Å²) in [6.45, 7) is 4.14. The Hall–Kier alpha value is -0.970. The number of hydrogen-bond acceptors (Lipinski definition) is 2. The van der Waals surface area contributed by atoms with Gasteiger partial charge in [0.25, 0.3) is 0 Å². The molecule has 0 aliphatic carbocycles. The highest BCUT2D eigenvalue weighted by atomic mass is 79.9. The van der Waals surface area contributed by atoms with Gasteiger partial charge in [0.2, 0.25) is 0 Å². The average Bonchev–Trinajstić information content (AvgIpc) is 2.41. The highest BCUT2D eigenvalue weighted by Crippen LogP contribution is 2.20. The van der Waals surface area contributed by atoms with Crippen molar-refractivity contribution in [2.75, 3.05) is 5.75 Å². The van der Waals surface area contributed by atoms with Gasteiger partial charge in [0.1, 0.15) is 0 Å². The van der Waals surface area contributed by atoms with Crippen molar-refractivity contribution in [3.8, 4) is 0 Å². The van der Waals surface area contributed by atoms with E-state index in [1.807, 2.05) is 30.3 Å².